The van der Waals surface area contributed by atoms with Crippen LogP contribution in [0.15, 0.2) is 53.4 Å². The molecular weight excluding hydrogens is 391 g/mol. The van der Waals surface area contributed by atoms with E-state index in [-0.39, 0.29) is 18.4 Å². The molecule has 0 spiro atoms. The van der Waals surface area contributed by atoms with Gasteiger partial charge in [-0.15, -0.1) is 12.4 Å². The van der Waals surface area contributed by atoms with Gasteiger partial charge in [0.05, 0.1) is 4.90 Å². The van der Waals surface area contributed by atoms with Crippen molar-refractivity contribution < 1.29 is 8.42 Å². The van der Waals surface area contributed by atoms with Crippen molar-refractivity contribution in [3.63, 3.8) is 0 Å². The highest BCUT2D eigenvalue weighted by Gasteiger charge is 2.25. The summed E-state index contributed by atoms with van der Waals surface area (Å²) in [7, 11) is -3.51. The lowest BCUT2D eigenvalue weighted by Gasteiger charge is -2.32. The fourth-order valence-electron chi connectivity index (χ4n) is 3.25. The highest BCUT2D eigenvalue weighted by Crippen LogP contribution is 2.21. The zero-order valence-corrected chi connectivity index (χ0v) is 17.1. The molecule has 0 atom stereocenters. The monoisotopic (exact) mass is 414 g/mol. The first-order chi connectivity index (χ1) is 11.9. The topological polar surface area (TPSA) is 49.4 Å². The Morgan fingerprint density at radius 3 is 2.38 bits per heavy atom. The van der Waals surface area contributed by atoms with E-state index in [1.165, 1.54) is 5.56 Å². The first-order valence-electron chi connectivity index (χ1n) is 8.49. The van der Waals surface area contributed by atoms with Gasteiger partial charge in [0.15, 0.2) is 0 Å². The molecule has 2 aromatic rings. The van der Waals surface area contributed by atoms with Crippen LogP contribution in [0.4, 0.5) is 0 Å². The normalized spacial score (nSPS) is 16.2. The van der Waals surface area contributed by atoms with E-state index in [1.807, 2.05) is 18.2 Å². The second-order valence-electron chi connectivity index (χ2n) is 6.57. The highest BCUT2D eigenvalue weighted by molar-refractivity contribution is 7.89. The van der Waals surface area contributed by atoms with Crippen LogP contribution in [0, 0.1) is 6.92 Å². The Kier molecular flexibility index (Phi) is 7.50. The summed E-state index contributed by atoms with van der Waals surface area (Å²) >= 11 is 5.92. The third-order valence-corrected chi connectivity index (χ3v) is 6.50. The Balaban J connectivity index is 0.00000243. The molecule has 0 unspecified atom stereocenters. The Morgan fingerprint density at radius 1 is 1.12 bits per heavy atom. The third-order valence-electron chi connectivity index (χ3n) is 4.58. The zero-order chi connectivity index (χ0) is 17.9. The van der Waals surface area contributed by atoms with E-state index < -0.39 is 10.0 Å². The van der Waals surface area contributed by atoms with Gasteiger partial charge in [0.25, 0.3) is 0 Å². The third kappa shape index (κ3) is 5.44. The van der Waals surface area contributed by atoms with Crippen molar-refractivity contribution in [1.82, 2.24) is 9.62 Å². The minimum atomic E-state index is -3.51. The molecule has 1 N–H and O–H groups in total. The number of nitrogens with zero attached hydrogens (tertiary/aromatic N) is 1. The summed E-state index contributed by atoms with van der Waals surface area (Å²) in [4.78, 5) is 2.68. The number of aryl methyl sites for hydroxylation is 1. The largest absolute Gasteiger partial charge is 0.299 e. The molecular formula is C19H24Cl2N2O2S. The van der Waals surface area contributed by atoms with Crippen molar-refractivity contribution in [2.45, 2.75) is 37.2 Å². The average Bonchev–Trinajstić information content (AvgIpc) is 2.57. The molecule has 1 fully saturated rings. The maximum Gasteiger partial charge on any atom is 0.241 e. The van der Waals surface area contributed by atoms with Gasteiger partial charge < -0.3 is 0 Å². The van der Waals surface area contributed by atoms with E-state index in [2.05, 4.69) is 21.8 Å². The lowest BCUT2D eigenvalue weighted by molar-refractivity contribution is 0.200. The maximum absolute atomic E-state index is 12.6. The molecule has 0 aliphatic carbocycles. The number of rotatable bonds is 5. The van der Waals surface area contributed by atoms with Crippen LogP contribution >= 0.6 is 24.0 Å². The van der Waals surface area contributed by atoms with Crippen LogP contribution in [0.3, 0.4) is 0 Å². The summed E-state index contributed by atoms with van der Waals surface area (Å²) in [5.74, 6) is 0. The fraction of sp³-hybridized carbons (Fsp3) is 0.368. The number of likely N-dealkylation sites (tertiary alicyclic amines) is 1. The van der Waals surface area contributed by atoms with Gasteiger partial charge in [0.2, 0.25) is 10.0 Å². The first kappa shape index (κ1) is 21.2. The van der Waals surface area contributed by atoms with Crippen LogP contribution < -0.4 is 4.72 Å². The molecule has 1 saturated heterocycles. The Labute approximate surface area is 167 Å². The van der Waals surface area contributed by atoms with Crippen molar-refractivity contribution in [3.05, 3.63) is 64.7 Å². The predicted octanol–water partition coefficient (Wildman–Crippen LogP) is 4.01. The van der Waals surface area contributed by atoms with Crippen LogP contribution in [0.25, 0.3) is 0 Å². The van der Waals surface area contributed by atoms with Crippen LogP contribution in [-0.2, 0) is 16.6 Å². The molecule has 0 aromatic heterocycles. The van der Waals surface area contributed by atoms with Gasteiger partial charge in [0, 0.05) is 30.7 Å². The lowest BCUT2D eigenvalue weighted by atomic mass is 10.1. The summed E-state index contributed by atoms with van der Waals surface area (Å²) in [6, 6.07) is 15.2. The first-order valence-corrected chi connectivity index (χ1v) is 10.3. The zero-order valence-electron chi connectivity index (χ0n) is 14.7. The van der Waals surface area contributed by atoms with E-state index in [0.29, 0.717) is 15.5 Å². The van der Waals surface area contributed by atoms with Crippen molar-refractivity contribution in [1.29, 1.82) is 0 Å². The average molecular weight is 415 g/mol. The molecule has 1 heterocycles. The van der Waals surface area contributed by atoms with Gasteiger partial charge in [-0.2, -0.15) is 0 Å². The van der Waals surface area contributed by atoms with Crippen molar-refractivity contribution >= 4 is 34.0 Å². The van der Waals surface area contributed by atoms with Crippen molar-refractivity contribution in [3.8, 4) is 0 Å². The van der Waals surface area contributed by atoms with Crippen molar-refractivity contribution in [2.75, 3.05) is 13.1 Å². The van der Waals surface area contributed by atoms with Gasteiger partial charge in [-0.05, 0) is 49.1 Å². The molecule has 0 bridgehead atoms. The van der Waals surface area contributed by atoms with E-state index in [1.54, 1.807) is 25.1 Å². The molecule has 26 heavy (non-hydrogen) atoms. The summed E-state index contributed by atoms with van der Waals surface area (Å²) in [6.07, 6.45) is 1.64. The second-order valence-corrected chi connectivity index (χ2v) is 8.69. The summed E-state index contributed by atoms with van der Waals surface area (Å²) in [6.45, 7) is 4.46. The standard InChI is InChI=1S/C19H23ClN2O2S.ClH/c1-15-13-17(20)7-8-19(15)25(23,24)21-18-9-11-22(12-10-18)14-16-5-3-2-4-6-16;/h2-8,13,18,21H,9-12,14H2,1H3;1H. The number of hydrogen-bond donors (Lipinski definition) is 1. The van der Waals surface area contributed by atoms with Gasteiger partial charge in [-0.1, -0.05) is 41.9 Å². The maximum atomic E-state index is 12.6. The fourth-order valence-corrected chi connectivity index (χ4v) is 5.01. The van der Waals surface area contributed by atoms with Crippen LogP contribution in [0.1, 0.15) is 24.0 Å². The molecule has 0 saturated carbocycles. The smallest absolute Gasteiger partial charge is 0.241 e. The Hall–Kier alpha value is -1.11. The molecule has 1 aliphatic rings. The summed E-state index contributed by atoms with van der Waals surface area (Å²) < 4.78 is 28.1. The number of hydrogen-bond acceptors (Lipinski definition) is 3. The van der Waals surface area contributed by atoms with E-state index in [0.717, 1.165) is 32.5 Å². The Morgan fingerprint density at radius 2 is 1.77 bits per heavy atom. The number of halogens is 2. The van der Waals surface area contributed by atoms with Crippen LogP contribution in [0.2, 0.25) is 5.02 Å². The van der Waals surface area contributed by atoms with Gasteiger partial charge >= 0.3 is 0 Å². The molecule has 2 aromatic carbocycles. The van der Waals surface area contributed by atoms with E-state index in [9.17, 15) is 8.42 Å². The minimum absolute atomic E-state index is 0. The molecule has 7 heteroatoms. The van der Waals surface area contributed by atoms with E-state index >= 15 is 0 Å². The van der Waals surface area contributed by atoms with Gasteiger partial charge in [0.1, 0.15) is 0 Å². The molecule has 142 valence electrons. The van der Waals surface area contributed by atoms with Gasteiger partial charge in [-0.3, -0.25) is 4.90 Å². The number of benzene rings is 2. The second kappa shape index (κ2) is 9.20. The minimum Gasteiger partial charge on any atom is -0.299 e. The highest BCUT2D eigenvalue weighted by atomic mass is 35.5. The molecule has 0 amide bonds. The van der Waals surface area contributed by atoms with Crippen LogP contribution in [-0.4, -0.2) is 32.4 Å². The number of nitrogens with one attached hydrogen (secondary N) is 1. The summed E-state index contributed by atoms with van der Waals surface area (Å²) in [5, 5.41) is 0.547. The van der Waals surface area contributed by atoms with E-state index in [4.69, 9.17) is 11.6 Å². The Bertz CT molecular complexity index is 821. The summed E-state index contributed by atoms with van der Waals surface area (Å²) in [5.41, 5.74) is 1.96. The molecule has 4 nitrogen and oxygen atoms in total. The molecule has 3 rings (SSSR count). The number of sulfonamides is 1. The van der Waals surface area contributed by atoms with Crippen molar-refractivity contribution in [2.24, 2.45) is 0 Å². The van der Waals surface area contributed by atoms with Crippen LogP contribution in [0.5, 0.6) is 0 Å². The van der Waals surface area contributed by atoms with Gasteiger partial charge in [-0.25, -0.2) is 13.1 Å². The molecule has 0 radical (unpaired) electrons. The molecule has 1 aliphatic heterocycles. The SMILES string of the molecule is Cc1cc(Cl)ccc1S(=O)(=O)NC1CCN(Cc2ccccc2)CC1.Cl. The lowest BCUT2D eigenvalue weighted by Crippen LogP contribution is -2.44. The number of piperidine rings is 1. The predicted molar refractivity (Wildman–Crippen MR) is 108 cm³/mol. The quantitative estimate of drug-likeness (QED) is 0.803.